The number of nitrogens with one attached hydrogen (secondary N) is 1. The SMILES string of the molecule is Cc1ccc2[nH]ncc2c1-c1cc(-c2ccnc(OCCOc3ccccc3)n2)nc(C(N)=O)c1N. The molecule has 0 bridgehead atoms. The molecule has 36 heavy (non-hydrogen) atoms. The topological polar surface area (TPSA) is 155 Å². The average Bonchev–Trinajstić information content (AvgIpc) is 3.37. The van der Waals surface area contributed by atoms with Crippen molar-refractivity contribution in [1.82, 2.24) is 25.1 Å². The van der Waals surface area contributed by atoms with Crippen molar-refractivity contribution in [1.29, 1.82) is 0 Å². The summed E-state index contributed by atoms with van der Waals surface area (Å²) in [7, 11) is 0. The molecule has 0 fully saturated rings. The van der Waals surface area contributed by atoms with E-state index in [1.165, 1.54) is 0 Å². The molecular formula is C26H23N7O3. The Labute approximate surface area is 206 Å². The van der Waals surface area contributed by atoms with Gasteiger partial charge in [-0.05, 0) is 48.4 Å². The van der Waals surface area contributed by atoms with Crippen molar-refractivity contribution >= 4 is 22.5 Å². The van der Waals surface area contributed by atoms with Crippen LogP contribution in [0.4, 0.5) is 5.69 Å². The quantitative estimate of drug-likeness (QED) is 0.284. The van der Waals surface area contributed by atoms with Gasteiger partial charge in [-0.15, -0.1) is 0 Å². The second-order valence-corrected chi connectivity index (χ2v) is 8.00. The van der Waals surface area contributed by atoms with Crippen molar-refractivity contribution in [3.63, 3.8) is 0 Å². The van der Waals surface area contributed by atoms with E-state index in [4.69, 9.17) is 20.9 Å². The summed E-state index contributed by atoms with van der Waals surface area (Å²) in [4.78, 5) is 25.3. The number of pyridine rings is 1. The lowest BCUT2D eigenvalue weighted by Crippen LogP contribution is -2.17. The van der Waals surface area contributed by atoms with Crippen LogP contribution in [-0.2, 0) is 0 Å². The second-order valence-electron chi connectivity index (χ2n) is 8.00. The van der Waals surface area contributed by atoms with E-state index in [1.54, 1.807) is 24.5 Å². The van der Waals surface area contributed by atoms with Crippen LogP contribution >= 0.6 is 0 Å². The maximum atomic E-state index is 12.2. The van der Waals surface area contributed by atoms with E-state index in [9.17, 15) is 4.79 Å². The van der Waals surface area contributed by atoms with Crippen LogP contribution in [0.25, 0.3) is 33.4 Å². The smallest absolute Gasteiger partial charge is 0.317 e. The zero-order chi connectivity index (χ0) is 25.1. The number of nitrogens with two attached hydrogens (primary N) is 2. The highest BCUT2D eigenvalue weighted by Crippen LogP contribution is 2.37. The number of amides is 1. The Morgan fingerprint density at radius 1 is 1.00 bits per heavy atom. The Morgan fingerprint density at radius 3 is 2.61 bits per heavy atom. The minimum atomic E-state index is -0.740. The summed E-state index contributed by atoms with van der Waals surface area (Å²) in [5.74, 6) is 0.00695. The number of rotatable bonds is 8. The lowest BCUT2D eigenvalue weighted by molar-refractivity contribution is 0.0996. The number of aryl methyl sites for hydroxylation is 1. The Kier molecular flexibility index (Phi) is 6.14. The number of carbonyl (C=O) groups is 1. The van der Waals surface area contributed by atoms with Crippen LogP contribution in [0.1, 0.15) is 16.1 Å². The van der Waals surface area contributed by atoms with Crippen LogP contribution < -0.4 is 20.9 Å². The highest BCUT2D eigenvalue weighted by atomic mass is 16.5. The van der Waals surface area contributed by atoms with E-state index >= 15 is 0 Å². The molecule has 10 heteroatoms. The molecule has 180 valence electrons. The first-order chi connectivity index (χ1) is 17.5. The number of aromatic nitrogens is 5. The molecule has 10 nitrogen and oxygen atoms in total. The van der Waals surface area contributed by atoms with Crippen LogP contribution in [0, 0.1) is 6.92 Å². The van der Waals surface area contributed by atoms with Crippen LogP contribution in [-0.4, -0.2) is 44.3 Å². The first-order valence-electron chi connectivity index (χ1n) is 11.2. The summed E-state index contributed by atoms with van der Waals surface area (Å²) in [6.45, 7) is 2.52. The Bertz CT molecular complexity index is 1550. The molecule has 0 spiro atoms. The Balaban J connectivity index is 1.47. The van der Waals surface area contributed by atoms with Crippen LogP contribution in [0.2, 0.25) is 0 Å². The largest absolute Gasteiger partial charge is 0.490 e. The molecule has 0 saturated carbocycles. The average molecular weight is 482 g/mol. The maximum Gasteiger partial charge on any atom is 0.317 e. The summed E-state index contributed by atoms with van der Waals surface area (Å²) in [6.07, 6.45) is 3.27. The van der Waals surface area contributed by atoms with Gasteiger partial charge in [-0.25, -0.2) is 9.97 Å². The van der Waals surface area contributed by atoms with Gasteiger partial charge in [0.1, 0.15) is 19.0 Å². The van der Waals surface area contributed by atoms with Crippen LogP contribution in [0.5, 0.6) is 11.8 Å². The predicted octanol–water partition coefficient (Wildman–Crippen LogP) is 3.53. The lowest BCUT2D eigenvalue weighted by Gasteiger charge is -2.15. The molecule has 2 aromatic carbocycles. The molecule has 0 unspecified atom stereocenters. The minimum Gasteiger partial charge on any atom is -0.490 e. The third-order valence-corrected chi connectivity index (χ3v) is 5.62. The van der Waals surface area contributed by atoms with Gasteiger partial charge < -0.3 is 20.9 Å². The number of aromatic amines is 1. The molecule has 5 aromatic rings. The van der Waals surface area contributed by atoms with E-state index in [-0.39, 0.29) is 24.0 Å². The van der Waals surface area contributed by atoms with Crippen molar-refractivity contribution < 1.29 is 14.3 Å². The lowest BCUT2D eigenvalue weighted by atomic mass is 9.94. The fourth-order valence-electron chi connectivity index (χ4n) is 3.93. The molecular weight excluding hydrogens is 458 g/mol. The molecule has 0 radical (unpaired) electrons. The summed E-state index contributed by atoms with van der Waals surface area (Å²) >= 11 is 0. The zero-order valence-electron chi connectivity index (χ0n) is 19.4. The molecule has 0 aliphatic heterocycles. The van der Waals surface area contributed by atoms with E-state index in [0.29, 0.717) is 23.6 Å². The number of nitrogen functional groups attached to an aromatic ring is 1. The van der Waals surface area contributed by atoms with Gasteiger partial charge >= 0.3 is 6.01 Å². The number of fused-ring (bicyclic) bond motifs is 1. The maximum absolute atomic E-state index is 12.2. The van der Waals surface area contributed by atoms with Gasteiger partial charge in [0, 0.05) is 17.1 Å². The van der Waals surface area contributed by atoms with Gasteiger partial charge in [-0.3, -0.25) is 9.89 Å². The minimum absolute atomic E-state index is 0.0419. The summed E-state index contributed by atoms with van der Waals surface area (Å²) in [5, 5.41) is 7.96. The van der Waals surface area contributed by atoms with Crippen molar-refractivity contribution in [3.05, 3.63) is 78.2 Å². The first kappa shape index (κ1) is 22.8. The normalized spacial score (nSPS) is 10.9. The molecule has 5 N–H and O–H groups in total. The number of primary amides is 1. The number of nitrogens with zero attached hydrogens (tertiary/aromatic N) is 4. The number of H-pyrrole nitrogens is 1. The summed E-state index contributed by atoms with van der Waals surface area (Å²) in [5.41, 5.74) is 16.2. The monoisotopic (exact) mass is 481 g/mol. The van der Waals surface area contributed by atoms with Crippen LogP contribution in [0.3, 0.4) is 0 Å². The highest BCUT2D eigenvalue weighted by Gasteiger charge is 2.20. The molecule has 0 saturated heterocycles. The standard InChI is InChI=1S/C26H23N7O3/c1-15-7-8-19-18(14-30-33-19)22(15)17-13-21(31-24(23(17)27)25(28)34)20-9-10-29-26(32-20)36-12-11-35-16-5-3-2-4-6-16/h2-10,13-14H,11-12,27H2,1H3,(H2,28,34)(H,30,33). The van der Waals surface area contributed by atoms with E-state index in [0.717, 1.165) is 27.8 Å². The van der Waals surface area contributed by atoms with Crippen LogP contribution in [0.15, 0.2) is 67.0 Å². The number of ether oxygens (including phenoxy) is 2. The molecule has 1 amide bonds. The fraction of sp³-hybridized carbons (Fsp3) is 0.115. The number of hydrogen-bond donors (Lipinski definition) is 3. The Morgan fingerprint density at radius 2 is 1.81 bits per heavy atom. The Hall–Kier alpha value is -4.99. The number of para-hydroxylation sites is 1. The molecule has 0 atom stereocenters. The second kappa shape index (κ2) is 9.71. The van der Waals surface area contributed by atoms with Gasteiger partial charge in [-0.1, -0.05) is 24.3 Å². The third-order valence-electron chi connectivity index (χ3n) is 5.62. The summed E-state index contributed by atoms with van der Waals surface area (Å²) in [6, 6.07) is 16.9. The van der Waals surface area contributed by atoms with Gasteiger partial charge in [0.2, 0.25) is 0 Å². The van der Waals surface area contributed by atoms with Gasteiger partial charge in [0.25, 0.3) is 5.91 Å². The third kappa shape index (κ3) is 4.51. The summed E-state index contributed by atoms with van der Waals surface area (Å²) < 4.78 is 11.3. The van der Waals surface area contributed by atoms with Gasteiger partial charge in [0.05, 0.1) is 28.8 Å². The molecule has 0 aliphatic carbocycles. The van der Waals surface area contributed by atoms with Gasteiger partial charge in [0.15, 0.2) is 5.69 Å². The number of anilines is 1. The molecule has 3 aromatic heterocycles. The van der Waals surface area contributed by atoms with E-state index in [1.807, 2.05) is 49.4 Å². The van der Waals surface area contributed by atoms with E-state index in [2.05, 4.69) is 25.1 Å². The van der Waals surface area contributed by atoms with Crippen molar-refractivity contribution in [3.8, 4) is 34.3 Å². The number of carbonyl (C=O) groups excluding carboxylic acids is 1. The van der Waals surface area contributed by atoms with Crippen molar-refractivity contribution in [2.75, 3.05) is 18.9 Å². The van der Waals surface area contributed by atoms with Crippen molar-refractivity contribution in [2.24, 2.45) is 5.73 Å². The number of hydrogen-bond acceptors (Lipinski definition) is 8. The predicted molar refractivity (Wildman–Crippen MR) is 135 cm³/mol. The van der Waals surface area contributed by atoms with Crippen molar-refractivity contribution in [2.45, 2.75) is 6.92 Å². The molecule has 3 heterocycles. The molecule has 5 rings (SSSR count). The first-order valence-corrected chi connectivity index (χ1v) is 11.2. The van der Waals surface area contributed by atoms with E-state index < -0.39 is 5.91 Å². The van der Waals surface area contributed by atoms with Gasteiger partial charge in [-0.2, -0.15) is 10.1 Å². The molecule has 0 aliphatic rings. The number of benzene rings is 2. The highest BCUT2D eigenvalue weighted by molar-refractivity contribution is 6.05. The fourth-order valence-corrected chi connectivity index (χ4v) is 3.93. The zero-order valence-corrected chi connectivity index (χ0v) is 19.4.